The number of benzene rings is 4. The van der Waals surface area contributed by atoms with E-state index in [9.17, 15) is 0 Å². The van der Waals surface area contributed by atoms with Gasteiger partial charge < -0.3 is 0 Å². The fraction of sp³-hybridized carbons (Fsp3) is 0.250. The molecule has 0 amide bonds. The molecule has 0 N–H and O–H groups in total. The van der Waals surface area contributed by atoms with Crippen molar-refractivity contribution >= 4 is 0 Å². The van der Waals surface area contributed by atoms with Crippen LogP contribution in [0.5, 0.6) is 0 Å². The van der Waals surface area contributed by atoms with E-state index in [1.807, 2.05) is 6.20 Å². The lowest BCUT2D eigenvalue weighted by molar-refractivity contribution is 0.660. The summed E-state index contributed by atoms with van der Waals surface area (Å²) in [5.74, 6) is 1.73. The van der Waals surface area contributed by atoms with E-state index >= 15 is 0 Å². The summed E-state index contributed by atoms with van der Waals surface area (Å²) in [5, 5.41) is 0. The third kappa shape index (κ3) is 3.82. The third-order valence-corrected chi connectivity index (χ3v) is 8.24. The minimum atomic E-state index is 0.00275. The first-order chi connectivity index (χ1) is 18.3. The summed E-state index contributed by atoms with van der Waals surface area (Å²) >= 11 is 0. The van der Waals surface area contributed by atoms with E-state index in [-0.39, 0.29) is 5.41 Å². The van der Waals surface area contributed by atoms with Crippen molar-refractivity contribution in [1.29, 1.82) is 0 Å². The number of nitrogens with zero attached hydrogens (tertiary/aromatic N) is 2. The van der Waals surface area contributed by atoms with Gasteiger partial charge >= 0.3 is 0 Å². The summed E-state index contributed by atoms with van der Waals surface area (Å²) in [4.78, 5) is 4.93. The SMILES string of the molecule is CC(C)c1cc(-c2ccccc2)cc(C(C)C)c1-n1ccnc1-c1ccc2c(c1)-c1ccccc1C2(C)C. The number of aromatic nitrogens is 2. The molecule has 4 aromatic carbocycles. The van der Waals surface area contributed by atoms with Crippen molar-refractivity contribution in [2.24, 2.45) is 0 Å². The minimum absolute atomic E-state index is 0.00275. The van der Waals surface area contributed by atoms with Gasteiger partial charge in [0.15, 0.2) is 0 Å². The van der Waals surface area contributed by atoms with Gasteiger partial charge in [-0.3, -0.25) is 4.57 Å². The van der Waals surface area contributed by atoms with Gasteiger partial charge in [-0.2, -0.15) is 0 Å². The molecule has 0 aliphatic heterocycles. The van der Waals surface area contributed by atoms with Crippen LogP contribution in [0.2, 0.25) is 0 Å². The first kappa shape index (κ1) is 24.4. The van der Waals surface area contributed by atoms with Gasteiger partial charge in [0.1, 0.15) is 5.82 Å². The van der Waals surface area contributed by atoms with E-state index in [1.54, 1.807) is 0 Å². The van der Waals surface area contributed by atoms with Gasteiger partial charge in [0.2, 0.25) is 0 Å². The molecule has 0 atom stereocenters. The van der Waals surface area contributed by atoms with E-state index in [4.69, 9.17) is 4.98 Å². The molecule has 0 spiro atoms. The van der Waals surface area contributed by atoms with Crippen molar-refractivity contribution in [2.75, 3.05) is 0 Å². The number of rotatable bonds is 5. The van der Waals surface area contributed by atoms with Gasteiger partial charge in [-0.05, 0) is 74.5 Å². The summed E-state index contributed by atoms with van der Waals surface area (Å²) in [5.41, 5.74) is 13.1. The highest BCUT2D eigenvalue weighted by molar-refractivity contribution is 5.84. The molecule has 0 fully saturated rings. The van der Waals surface area contributed by atoms with Crippen molar-refractivity contribution in [3.05, 3.63) is 120 Å². The van der Waals surface area contributed by atoms with Crippen LogP contribution >= 0.6 is 0 Å². The average Bonchev–Trinajstić information content (AvgIpc) is 3.49. The summed E-state index contributed by atoms with van der Waals surface area (Å²) in [6.07, 6.45) is 4.08. The fourth-order valence-corrected chi connectivity index (χ4v) is 6.19. The molecular weight excluding hydrogens is 460 g/mol. The highest BCUT2D eigenvalue weighted by atomic mass is 15.1. The second-order valence-electron chi connectivity index (χ2n) is 11.7. The Bertz CT molecular complexity index is 1600. The van der Waals surface area contributed by atoms with E-state index < -0.39 is 0 Å². The van der Waals surface area contributed by atoms with E-state index in [1.165, 1.54) is 50.2 Å². The van der Waals surface area contributed by atoms with Gasteiger partial charge in [0.25, 0.3) is 0 Å². The maximum absolute atomic E-state index is 4.93. The molecule has 0 saturated heterocycles. The Hall–Kier alpha value is -3.91. The predicted molar refractivity (Wildman–Crippen MR) is 160 cm³/mol. The quantitative estimate of drug-likeness (QED) is 0.237. The van der Waals surface area contributed by atoms with Crippen LogP contribution in [0.1, 0.15) is 75.6 Å². The van der Waals surface area contributed by atoms with E-state index in [2.05, 4.69) is 137 Å². The van der Waals surface area contributed by atoms with Crippen molar-refractivity contribution in [1.82, 2.24) is 9.55 Å². The molecule has 0 bridgehead atoms. The number of imidazole rings is 1. The topological polar surface area (TPSA) is 17.8 Å². The molecule has 0 saturated carbocycles. The van der Waals surface area contributed by atoms with Gasteiger partial charge in [0, 0.05) is 23.4 Å². The second kappa shape index (κ2) is 9.13. The van der Waals surface area contributed by atoms with Crippen LogP contribution in [0, 0.1) is 0 Å². The Labute approximate surface area is 227 Å². The molecule has 0 radical (unpaired) electrons. The van der Waals surface area contributed by atoms with Crippen molar-refractivity contribution in [3.63, 3.8) is 0 Å². The molecule has 1 aliphatic carbocycles. The molecule has 190 valence electrons. The maximum atomic E-state index is 4.93. The summed E-state index contributed by atoms with van der Waals surface area (Å²) in [6.45, 7) is 13.8. The maximum Gasteiger partial charge on any atom is 0.144 e. The van der Waals surface area contributed by atoms with Crippen molar-refractivity contribution in [3.8, 4) is 39.3 Å². The van der Waals surface area contributed by atoms with Gasteiger partial charge in [0.05, 0.1) is 5.69 Å². The van der Waals surface area contributed by atoms with Gasteiger partial charge in [-0.1, -0.05) is 108 Å². The summed E-state index contributed by atoms with van der Waals surface area (Å²) < 4.78 is 2.33. The van der Waals surface area contributed by atoms with Crippen LogP contribution in [0.15, 0.2) is 97.3 Å². The molecule has 1 aromatic heterocycles. The molecule has 2 heteroatoms. The van der Waals surface area contributed by atoms with Crippen LogP contribution in [-0.4, -0.2) is 9.55 Å². The lowest BCUT2D eigenvalue weighted by Crippen LogP contribution is -2.14. The predicted octanol–water partition coefficient (Wildman–Crippen LogP) is 9.76. The zero-order valence-corrected chi connectivity index (χ0v) is 23.3. The largest absolute Gasteiger partial charge is 0.299 e. The molecule has 0 unspecified atom stereocenters. The average molecular weight is 497 g/mol. The Balaban J connectivity index is 1.55. The number of hydrogen-bond acceptors (Lipinski definition) is 1. The summed E-state index contributed by atoms with van der Waals surface area (Å²) in [7, 11) is 0. The molecule has 1 heterocycles. The molecule has 38 heavy (non-hydrogen) atoms. The molecule has 6 rings (SSSR count). The molecular formula is C36H36N2. The van der Waals surface area contributed by atoms with Crippen LogP contribution in [0.25, 0.3) is 39.3 Å². The Kier molecular flexibility index (Phi) is 5.87. The van der Waals surface area contributed by atoms with Crippen LogP contribution in [-0.2, 0) is 5.41 Å². The first-order valence-corrected chi connectivity index (χ1v) is 13.8. The molecule has 5 aromatic rings. The molecule has 2 nitrogen and oxygen atoms in total. The standard InChI is InChI=1S/C36H36N2/c1-23(2)29-21-27(25-12-8-7-9-13-25)22-30(24(3)4)34(29)38-19-18-37-35(38)26-16-17-33-31(20-26)28-14-10-11-15-32(28)36(33,5)6/h7-24H,1-6H3. The second-order valence-corrected chi connectivity index (χ2v) is 11.7. The first-order valence-electron chi connectivity index (χ1n) is 13.8. The highest BCUT2D eigenvalue weighted by Gasteiger charge is 2.35. The highest BCUT2D eigenvalue weighted by Crippen LogP contribution is 2.49. The Morgan fingerprint density at radius 1 is 0.632 bits per heavy atom. The zero-order chi connectivity index (χ0) is 26.6. The van der Waals surface area contributed by atoms with Crippen LogP contribution in [0.3, 0.4) is 0 Å². The minimum Gasteiger partial charge on any atom is -0.299 e. The number of fused-ring (bicyclic) bond motifs is 3. The van der Waals surface area contributed by atoms with E-state index in [0.717, 1.165) is 11.4 Å². The third-order valence-electron chi connectivity index (χ3n) is 8.24. The monoisotopic (exact) mass is 496 g/mol. The number of hydrogen-bond donors (Lipinski definition) is 0. The lowest BCUT2D eigenvalue weighted by Gasteiger charge is -2.24. The smallest absolute Gasteiger partial charge is 0.144 e. The zero-order valence-electron chi connectivity index (χ0n) is 23.3. The van der Waals surface area contributed by atoms with Crippen molar-refractivity contribution in [2.45, 2.75) is 58.8 Å². The summed E-state index contributed by atoms with van der Waals surface area (Å²) in [6, 6.07) is 31.2. The Morgan fingerprint density at radius 3 is 1.95 bits per heavy atom. The van der Waals surface area contributed by atoms with Gasteiger partial charge in [-0.15, -0.1) is 0 Å². The Morgan fingerprint density at radius 2 is 1.26 bits per heavy atom. The fourth-order valence-electron chi connectivity index (χ4n) is 6.19. The van der Waals surface area contributed by atoms with Gasteiger partial charge in [-0.25, -0.2) is 4.98 Å². The lowest BCUT2D eigenvalue weighted by atomic mass is 9.82. The normalized spacial score (nSPS) is 13.7. The van der Waals surface area contributed by atoms with Crippen LogP contribution < -0.4 is 0 Å². The van der Waals surface area contributed by atoms with Crippen molar-refractivity contribution < 1.29 is 0 Å². The van der Waals surface area contributed by atoms with Crippen LogP contribution in [0.4, 0.5) is 0 Å². The molecule has 1 aliphatic rings. The van der Waals surface area contributed by atoms with E-state index in [0.29, 0.717) is 11.8 Å².